The molecule has 0 aromatic heterocycles. The minimum absolute atomic E-state index is 0.180. The molecule has 0 heterocycles. The molecule has 0 bridgehead atoms. The zero-order valence-electron chi connectivity index (χ0n) is 7.92. The van der Waals surface area contributed by atoms with E-state index in [1.54, 1.807) is 7.05 Å². The van der Waals surface area contributed by atoms with Gasteiger partial charge in [-0.2, -0.15) is 0 Å². The zero-order chi connectivity index (χ0) is 9.68. The van der Waals surface area contributed by atoms with Crippen LogP contribution in [0.3, 0.4) is 0 Å². The Morgan fingerprint density at radius 3 is 2.69 bits per heavy atom. The molecule has 0 saturated heterocycles. The molecule has 0 radical (unpaired) electrons. The summed E-state index contributed by atoms with van der Waals surface area (Å²) in [5, 5.41) is 5.28. The van der Waals surface area contributed by atoms with Gasteiger partial charge in [0.2, 0.25) is 0 Å². The molecule has 0 aliphatic heterocycles. The van der Waals surface area contributed by atoms with E-state index in [0.717, 1.165) is 17.7 Å². The maximum absolute atomic E-state index is 11.0. The van der Waals surface area contributed by atoms with Crippen LogP contribution >= 0.6 is 0 Å². The van der Waals surface area contributed by atoms with E-state index >= 15 is 0 Å². The molecule has 0 fully saturated rings. The molecule has 70 valence electrons. The molecule has 0 aliphatic carbocycles. The number of nitrogens with one attached hydrogen (secondary N) is 2. The van der Waals surface area contributed by atoms with Gasteiger partial charge in [0.1, 0.15) is 0 Å². The number of benzene rings is 1. The number of amides is 2. The summed E-state index contributed by atoms with van der Waals surface area (Å²) in [6, 6.07) is 7.60. The molecule has 2 amide bonds. The second-order valence-corrected chi connectivity index (χ2v) is 2.71. The minimum atomic E-state index is -0.180. The lowest BCUT2D eigenvalue weighted by Gasteiger charge is -2.08. The molecular formula is C10H14N2O. The van der Waals surface area contributed by atoms with E-state index in [1.807, 2.05) is 24.3 Å². The van der Waals surface area contributed by atoms with Crippen LogP contribution in [-0.4, -0.2) is 13.1 Å². The summed E-state index contributed by atoms with van der Waals surface area (Å²) < 4.78 is 0. The van der Waals surface area contributed by atoms with Crippen LogP contribution in [-0.2, 0) is 6.42 Å². The summed E-state index contributed by atoms with van der Waals surface area (Å²) in [4.78, 5) is 11.0. The number of rotatable bonds is 2. The van der Waals surface area contributed by atoms with Crippen molar-refractivity contribution in [1.82, 2.24) is 5.32 Å². The van der Waals surface area contributed by atoms with Crippen molar-refractivity contribution in [3.63, 3.8) is 0 Å². The number of aryl methyl sites for hydroxylation is 1. The van der Waals surface area contributed by atoms with Gasteiger partial charge in [-0.1, -0.05) is 25.1 Å². The van der Waals surface area contributed by atoms with Gasteiger partial charge in [0.15, 0.2) is 0 Å². The van der Waals surface area contributed by atoms with Crippen molar-refractivity contribution in [1.29, 1.82) is 0 Å². The molecule has 13 heavy (non-hydrogen) atoms. The molecule has 1 aromatic rings. The minimum Gasteiger partial charge on any atom is -0.341 e. The summed E-state index contributed by atoms with van der Waals surface area (Å²) in [6.45, 7) is 2.06. The summed E-state index contributed by atoms with van der Waals surface area (Å²) in [5.74, 6) is 0. The molecule has 1 rings (SSSR count). The number of carbonyl (C=O) groups excluding carboxylic acids is 1. The Morgan fingerprint density at radius 2 is 2.08 bits per heavy atom. The average molecular weight is 178 g/mol. The van der Waals surface area contributed by atoms with Gasteiger partial charge in [0.25, 0.3) is 0 Å². The van der Waals surface area contributed by atoms with Crippen molar-refractivity contribution in [2.24, 2.45) is 0 Å². The Morgan fingerprint density at radius 1 is 1.38 bits per heavy atom. The molecular weight excluding hydrogens is 164 g/mol. The van der Waals surface area contributed by atoms with E-state index in [9.17, 15) is 4.79 Å². The Labute approximate surface area is 78.2 Å². The van der Waals surface area contributed by atoms with Gasteiger partial charge in [-0.25, -0.2) is 4.79 Å². The average Bonchev–Trinajstić information content (AvgIpc) is 2.18. The van der Waals surface area contributed by atoms with E-state index in [2.05, 4.69) is 17.6 Å². The molecule has 0 aliphatic rings. The topological polar surface area (TPSA) is 41.1 Å². The van der Waals surface area contributed by atoms with E-state index < -0.39 is 0 Å². The van der Waals surface area contributed by atoms with Crippen LogP contribution in [0.5, 0.6) is 0 Å². The first-order valence-electron chi connectivity index (χ1n) is 4.34. The number of anilines is 1. The highest BCUT2D eigenvalue weighted by Gasteiger charge is 2.01. The lowest BCUT2D eigenvalue weighted by molar-refractivity contribution is 0.254. The van der Waals surface area contributed by atoms with Crippen LogP contribution in [0.15, 0.2) is 24.3 Å². The van der Waals surface area contributed by atoms with Gasteiger partial charge in [-0.15, -0.1) is 0 Å². The van der Waals surface area contributed by atoms with Crippen molar-refractivity contribution in [3.8, 4) is 0 Å². The fraction of sp³-hybridized carbons (Fsp3) is 0.300. The van der Waals surface area contributed by atoms with Crippen molar-refractivity contribution in [2.45, 2.75) is 13.3 Å². The van der Waals surface area contributed by atoms with Crippen LogP contribution in [0.25, 0.3) is 0 Å². The Kier molecular flexibility index (Phi) is 3.31. The Bertz CT molecular complexity index is 297. The van der Waals surface area contributed by atoms with Gasteiger partial charge in [0, 0.05) is 12.7 Å². The van der Waals surface area contributed by atoms with Gasteiger partial charge in [-0.3, -0.25) is 0 Å². The van der Waals surface area contributed by atoms with Gasteiger partial charge < -0.3 is 10.6 Å². The molecule has 3 heteroatoms. The third kappa shape index (κ3) is 2.47. The van der Waals surface area contributed by atoms with Crippen molar-refractivity contribution in [3.05, 3.63) is 29.8 Å². The van der Waals surface area contributed by atoms with Crippen molar-refractivity contribution < 1.29 is 4.79 Å². The first kappa shape index (κ1) is 9.58. The molecule has 0 spiro atoms. The molecule has 3 nitrogen and oxygen atoms in total. The fourth-order valence-electron chi connectivity index (χ4n) is 1.14. The molecule has 0 atom stereocenters. The second-order valence-electron chi connectivity index (χ2n) is 2.71. The van der Waals surface area contributed by atoms with Crippen LogP contribution in [0, 0.1) is 0 Å². The maximum Gasteiger partial charge on any atom is 0.318 e. The van der Waals surface area contributed by atoms with Crippen LogP contribution in [0.4, 0.5) is 10.5 Å². The Hall–Kier alpha value is -1.51. The first-order valence-corrected chi connectivity index (χ1v) is 4.34. The van der Waals surface area contributed by atoms with Gasteiger partial charge >= 0.3 is 6.03 Å². The monoisotopic (exact) mass is 178 g/mol. The summed E-state index contributed by atoms with van der Waals surface area (Å²) in [7, 11) is 1.60. The molecule has 0 unspecified atom stereocenters. The predicted octanol–water partition coefficient (Wildman–Crippen LogP) is 2.00. The standard InChI is InChI=1S/C10H14N2O/c1-3-8-6-4-5-7-9(8)12-10(13)11-2/h4-7H,3H2,1-2H3,(H2,11,12,13). The Balaban J connectivity index is 2.81. The number of carbonyl (C=O) groups is 1. The van der Waals surface area contributed by atoms with Crippen molar-refractivity contribution in [2.75, 3.05) is 12.4 Å². The van der Waals surface area contributed by atoms with Crippen LogP contribution in [0.1, 0.15) is 12.5 Å². The molecule has 0 saturated carbocycles. The number of para-hydroxylation sites is 1. The highest BCUT2D eigenvalue weighted by atomic mass is 16.2. The van der Waals surface area contributed by atoms with E-state index in [4.69, 9.17) is 0 Å². The smallest absolute Gasteiger partial charge is 0.318 e. The van der Waals surface area contributed by atoms with Gasteiger partial charge in [-0.05, 0) is 18.1 Å². The number of urea groups is 1. The predicted molar refractivity (Wildman–Crippen MR) is 53.9 cm³/mol. The normalized spacial score (nSPS) is 9.38. The third-order valence-electron chi connectivity index (χ3n) is 1.87. The van der Waals surface area contributed by atoms with E-state index in [1.165, 1.54) is 0 Å². The second kappa shape index (κ2) is 4.50. The quantitative estimate of drug-likeness (QED) is 0.714. The summed E-state index contributed by atoms with van der Waals surface area (Å²) in [6.07, 6.45) is 0.917. The highest BCUT2D eigenvalue weighted by molar-refractivity contribution is 5.89. The fourth-order valence-corrected chi connectivity index (χ4v) is 1.14. The lowest BCUT2D eigenvalue weighted by atomic mass is 10.1. The first-order chi connectivity index (χ1) is 6.27. The lowest BCUT2D eigenvalue weighted by Crippen LogP contribution is -2.24. The number of hydrogen-bond acceptors (Lipinski definition) is 1. The highest BCUT2D eigenvalue weighted by Crippen LogP contribution is 2.14. The van der Waals surface area contributed by atoms with Crippen LogP contribution < -0.4 is 10.6 Å². The van der Waals surface area contributed by atoms with Crippen molar-refractivity contribution >= 4 is 11.7 Å². The van der Waals surface area contributed by atoms with E-state index in [0.29, 0.717) is 0 Å². The maximum atomic E-state index is 11.0. The number of hydrogen-bond donors (Lipinski definition) is 2. The molecule has 1 aromatic carbocycles. The zero-order valence-corrected chi connectivity index (χ0v) is 7.92. The largest absolute Gasteiger partial charge is 0.341 e. The third-order valence-corrected chi connectivity index (χ3v) is 1.87. The van der Waals surface area contributed by atoms with Crippen LogP contribution in [0.2, 0.25) is 0 Å². The SMILES string of the molecule is CCc1ccccc1NC(=O)NC. The summed E-state index contributed by atoms with van der Waals surface area (Å²) >= 11 is 0. The van der Waals surface area contributed by atoms with Gasteiger partial charge in [0.05, 0.1) is 0 Å². The molecule has 2 N–H and O–H groups in total. The summed E-state index contributed by atoms with van der Waals surface area (Å²) in [5.41, 5.74) is 2.02. The van der Waals surface area contributed by atoms with E-state index in [-0.39, 0.29) is 6.03 Å².